The number of benzene rings is 1. The van der Waals surface area contributed by atoms with Crippen LogP contribution in [0.4, 0.5) is 4.39 Å². The van der Waals surface area contributed by atoms with Gasteiger partial charge in [-0.15, -0.1) is 0 Å². The molecule has 1 fully saturated rings. The van der Waals surface area contributed by atoms with Crippen LogP contribution in [0.15, 0.2) is 30.3 Å². The number of carbonyl (C=O) groups is 1. The highest BCUT2D eigenvalue weighted by Gasteiger charge is 2.25. The molecule has 1 aliphatic heterocycles. The van der Waals surface area contributed by atoms with Crippen LogP contribution in [0.2, 0.25) is 0 Å². The second-order valence-electron chi connectivity index (χ2n) is 6.46. The topological polar surface area (TPSA) is 55.3 Å². The van der Waals surface area contributed by atoms with E-state index in [2.05, 4.69) is 9.97 Å². The molecule has 1 saturated heterocycles. The molecule has 1 aliphatic rings. The zero-order valence-electron chi connectivity index (χ0n) is 14.5. The monoisotopic (exact) mass is 343 g/mol. The smallest absolute Gasteiger partial charge is 0.317 e. The van der Waals surface area contributed by atoms with Crippen LogP contribution in [0.5, 0.6) is 6.01 Å². The van der Waals surface area contributed by atoms with Crippen molar-refractivity contribution in [1.82, 2.24) is 14.9 Å². The fourth-order valence-electron chi connectivity index (χ4n) is 3.04. The lowest BCUT2D eigenvalue weighted by molar-refractivity contribution is -0.133. The Bertz CT molecular complexity index is 729. The number of ether oxygens (including phenoxy) is 1. The van der Waals surface area contributed by atoms with E-state index >= 15 is 0 Å². The average molecular weight is 343 g/mol. The number of aryl methyl sites for hydroxylation is 2. The summed E-state index contributed by atoms with van der Waals surface area (Å²) >= 11 is 0. The lowest BCUT2D eigenvalue weighted by atomic mass is 10.1. The highest BCUT2D eigenvalue weighted by molar-refractivity contribution is 5.78. The third-order valence-electron chi connectivity index (χ3n) is 4.23. The zero-order valence-corrected chi connectivity index (χ0v) is 14.5. The summed E-state index contributed by atoms with van der Waals surface area (Å²) in [6.45, 7) is 5.05. The molecule has 25 heavy (non-hydrogen) atoms. The van der Waals surface area contributed by atoms with Gasteiger partial charge in [-0.2, -0.15) is 0 Å². The molecule has 0 unspecified atom stereocenters. The molecule has 0 spiro atoms. The second kappa shape index (κ2) is 7.59. The van der Waals surface area contributed by atoms with Crippen molar-refractivity contribution in [2.24, 2.45) is 0 Å². The van der Waals surface area contributed by atoms with E-state index in [4.69, 9.17) is 4.74 Å². The van der Waals surface area contributed by atoms with E-state index in [-0.39, 0.29) is 24.2 Å². The summed E-state index contributed by atoms with van der Waals surface area (Å²) in [6, 6.07) is 8.31. The molecule has 132 valence electrons. The Kier molecular flexibility index (Phi) is 5.26. The summed E-state index contributed by atoms with van der Waals surface area (Å²) in [5.74, 6) is -0.266. The molecule has 3 rings (SSSR count). The summed E-state index contributed by atoms with van der Waals surface area (Å²) in [5.41, 5.74) is 2.54. The first-order chi connectivity index (χ1) is 12.0. The zero-order chi connectivity index (χ0) is 17.8. The van der Waals surface area contributed by atoms with E-state index in [1.54, 1.807) is 17.0 Å². The number of piperidine rings is 1. The minimum Gasteiger partial charge on any atom is -0.458 e. The number of aromatic nitrogens is 2. The molecular weight excluding hydrogens is 321 g/mol. The van der Waals surface area contributed by atoms with Crippen molar-refractivity contribution in [1.29, 1.82) is 0 Å². The molecule has 1 aromatic carbocycles. The van der Waals surface area contributed by atoms with Gasteiger partial charge in [-0.3, -0.25) is 4.79 Å². The van der Waals surface area contributed by atoms with Gasteiger partial charge >= 0.3 is 6.01 Å². The summed E-state index contributed by atoms with van der Waals surface area (Å²) < 4.78 is 18.9. The van der Waals surface area contributed by atoms with Crippen LogP contribution in [0.25, 0.3) is 0 Å². The minimum absolute atomic E-state index is 0.0289. The van der Waals surface area contributed by atoms with E-state index in [1.807, 2.05) is 19.9 Å². The van der Waals surface area contributed by atoms with Gasteiger partial charge in [0.05, 0.1) is 13.0 Å². The first-order valence-corrected chi connectivity index (χ1v) is 8.51. The van der Waals surface area contributed by atoms with Crippen LogP contribution in [0, 0.1) is 19.7 Å². The average Bonchev–Trinajstić information content (AvgIpc) is 2.56. The largest absolute Gasteiger partial charge is 0.458 e. The van der Waals surface area contributed by atoms with Gasteiger partial charge < -0.3 is 9.64 Å². The van der Waals surface area contributed by atoms with Gasteiger partial charge in [0.1, 0.15) is 11.9 Å². The number of hydrogen-bond donors (Lipinski definition) is 0. The van der Waals surface area contributed by atoms with Crippen LogP contribution >= 0.6 is 0 Å². The van der Waals surface area contributed by atoms with Crippen LogP contribution in [-0.4, -0.2) is 40.0 Å². The maximum Gasteiger partial charge on any atom is 0.317 e. The van der Waals surface area contributed by atoms with Gasteiger partial charge in [-0.25, -0.2) is 14.4 Å². The molecule has 1 amide bonds. The van der Waals surface area contributed by atoms with Crippen molar-refractivity contribution in [3.8, 4) is 6.01 Å². The Morgan fingerprint density at radius 1 is 1.24 bits per heavy atom. The number of rotatable bonds is 4. The lowest BCUT2D eigenvalue weighted by Gasteiger charge is -2.32. The third-order valence-corrected chi connectivity index (χ3v) is 4.23. The number of carbonyl (C=O) groups excluding carboxylic acids is 1. The number of amides is 1. The van der Waals surface area contributed by atoms with Crippen LogP contribution < -0.4 is 4.74 Å². The van der Waals surface area contributed by atoms with Crippen molar-refractivity contribution in [2.45, 2.75) is 39.2 Å². The Hall–Kier alpha value is -2.50. The van der Waals surface area contributed by atoms with Crippen LogP contribution in [-0.2, 0) is 11.2 Å². The van der Waals surface area contributed by atoms with Gasteiger partial charge in [0, 0.05) is 17.9 Å². The Morgan fingerprint density at radius 3 is 2.60 bits per heavy atom. The Labute approximate surface area is 146 Å². The lowest BCUT2D eigenvalue weighted by Crippen LogP contribution is -2.45. The standard InChI is InChI=1S/C19H22FN3O2/c1-13-10-14(2)22-19(21-13)25-17-4-3-9-23(12-17)18(24)11-15-5-7-16(20)8-6-15/h5-8,10,17H,3-4,9,11-12H2,1-2H3/t17-/m0/s1. The number of hydrogen-bond acceptors (Lipinski definition) is 4. The molecule has 0 N–H and O–H groups in total. The number of halogens is 1. The summed E-state index contributed by atoms with van der Waals surface area (Å²) in [6.07, 6.45) is 1.92. The van der Waals surface area contributed by atoms with Crippen LogP contribution in [0.1, 0.15) is 29.8 Å². The SMILES string of the molecule is Cc1cc(C)nc(O[C@H]2CCCN(C(=O)Cc3ccc(F)cc3)C2)n1. The van der Waals surface area contributed by atoms with Crippen LogP contribution in [0.3, 0.4) is 0 Å². The maximum absolute atomic E-state index is 13.0. The predicted molar refractivity (Wildman–Crippen MR) is 91.8 cm³/mol. The summed E-state index contributed by atoms with van der Waals surface area (Å²) in [4.78, 5) is 22.9. The fraction of sp³-hybridized carbons (Fsp3) is 0.421. The first-order valence-electron chi connectivity index (χ1n) is 8.51. The predicted octanol–water partition coefficient (Wildman–Crippen LogP) is 2.85. The van der Waals surface area contributed by atoms with Crippen molar-refractivity contribution < 1.29 is 13.9 Å². The fourth-order valence-corrected chi connectivity index (χ4v) is 3.04. The van der Waals surface area contributed by atoms with Crippen molar-refractivity contribution in [2.75, 3.05) is 13.1 Å². The molecule has 0 saturated carbocycles. The molecule has 5 nitrogen and oxygen atoms in total. The van der Waals surface area contributed by atoms with E-state index in [1.165, 1.54) is 12.1 Å². The summed E-state index contributed by atoms with van der Waals surface area (Å²) in [5, 5.41) is 0. The van der Waals surface area contributed by atoms with E-state index in [9.17, 15) is 9.18 Å². The molecule has 0 aliphatic carbocycles. The number of likely N-dealkylation sites (tertiary alicyclic amines) is 1. The highest BCUT2D eigenvalue weighted by Crippen LogP contribution is 2.17. The minimum atomic E-state index is -0.295. The van der Waals surface area contributed by atoms with Gasteiger partial charge in [0.25, 0.3) is 0 Å². The van der Waals surface area contributed by atoms with Crippen molar-refractivity contribution >= 4 is 5.91 Å². The van der Waals surface area contributed by atoms with Crippen molar-refractivity contribution in [3.05, 3.63) is 53.1 Å². The van der Waals surface area contributed by atoms with E-state index in [0.717, 1.165) is 29.8 Å². The molecule has 2 heterocycles. The molecule has 6 heteroatoms. The van der Waals surface area contributed by atoms with Gasteiger partial charge in [-0.05, 0) is 50.5 Å². The Balaban J connectivity index is 1.60. The molecule has 1 aromatic heterocycles. The highest BCUT2D eigenvalue weighted by atomic mass is 19.1. The van der Waals surface area contributed by atoms with Gasteiger partial charge in [0.2, 0.25) is 5.91 Å². The van der Waals surface area contributed by atoms with E-state index in [0.29, 0.717) is 19.1 Å². The second-order valence-corrected chi connectivity index (χ2v) is 6.46. The van der Waals surface area contributed by atoms with E-state index < -0.39 is 0 Å². The molecule has 1 atom stereocenters. The molecule has 0 bridgehead atoms. The van der Waals surface area contributed by atoms with Gasteiger partial charge in [-0.1, -0.05) is 12.1 Å². The Morgan fingerprint density at radius 2 is 1.92 bits per heavy atom. The first kappa shape index (κ1) is 17.3. The maximum atomic E-state index is 13.0. The van der Waals surface area contributed by atoms with Gasteiger partial charge in [0.15, 0.2) is 0 Å². The quantitative estimate of drug-likeness (QED) is 0.857. The third kappa shape index (κ3) is 4.75. The molecule has 2 aromatic rings. The molecular formula is C19H22FN3O2. The molecule has 0 radical (unpaired) electrons. The summed E-state index contributed by atoms with van der Waals surface area (Å²) in [7, 11) is 0. The normalized spacial score (nSPS) is 17.4. The number of nitrogens with zero attached hydrogens (tertiary/aromatic N) is 3. The van der Waals surface area contributed by atoms with Crippen molar-refractivity contribution in [3.63, 3.8) is 0 Å².